The molecule has 0 fully saturated rings. The molecule has 0 aliphatic carbocycles. The lowest BCUT2D eigenvalue weighted by Crippen LogP contribution is -2.22. The van der Waals surface area contributed by atoms with E-state index >= 15 is 0 Å². The van der Waals surface area contributed by atoms with Gasteiger partial charge < -0.3 is 10.1 Å². The molecule has 2 aromatic rings. The van der Waals surface area contributed by atoms with Gasteiger partial charge in [0.05, 0.1) is 11.4 Å². The maximum atomic E-state index is 12.1. The van der Waals surface area contributed by atoms with Crippen LogP contribution in [0.5, 0.6) is 5.75 Å². The summed E-state index contributed by atoms with van der Waals surface area (Å²) in [5, 5.41) is 2.82. The number of anilines is 1. The number of aromatic nitrogens is 1. The van der Waals surface area contributed by atoms with Gasteiger partial charge in [0.2, 0.25) is 0 Å². The summed E-state index contributed by atoms with van der Waals surface area (Å²) in [6.45, 7) is 10.3. The Morgan fingerprint density at radius 1 is 1.22 bits per heavy atom. The number of benzene rings is 1. The van der Waals surface area contributed by atoms with Crippen LogP contribution < -0.4 is 10.1 Å². The first-order valence-electron chi connectivity index (χ1n) is 7.73. The minimum absolute atomic E-state index is 0.0273. The summed E-state index contributed by atoms with van der Waals surface area (Å²) in [5.41, 5.74) is 3.73. The second kappa shape index (κ2) is 6.82. The minimum Gasteiger partial charge on any atom is -0.483 e. The molecule has 4 nitrogen and oxygen atoms in total. The monoisotopic (exact) mass is 312 g/mol. The number of carbonyl (C=O) groups is 1. The fraction of sp³-hybridized carbons (Fsp3) is 0.368. The van der Waals surface area contributed by atoms with Crippen LogP contribution in [0.1, 0.15) is 37.6 Å². The zero-order valence-corrected chi connectivity index (χ0v) is 14.4. The normalized spacial score (nSPS) is 11.2. The molecule has 1 N–H and O–H groups in total. The molecular weight excluding hydrogens is 288 g/mol. The quantitative estimate of drug-likeness (QED) is 0.928. The van der Waals surface area contributed by atoms with Gasteiger partial charge in [0, 0.05) is 6.20 Å². The van der Waals surface area contributed by atoms with Gasteiger partial charge >= 0.3 is 0 Å². The Hall–Kier alpha value is -2.36. The third-order valence-corrected chi connectivity index (χ3v) is 3.58. The van der Waals surface area contributed by atoms with Gasteiger partial charge in [0.1, 0.15) is 5.75 Å². The van der Waals surface area contributed by atoms with Gasteiger partial charge in [-0.05, 0) is 43.0 Å². The first kappa shape index (κ1) is 17.0. The molecule has 0 saturated carbocycles. The van der Waals surface area contributed by atoms with Crippen LogP contribution in [0.4, 0.5) is 5.69 Å². The summed E-state index contributed by atoms with van der Waals surface area (Å²) < 4.78 is 5.76. The number of hydrogen-bond donors (Lipinski definition) is 1. The second-order valence-electron chi connectivity index (χ2n) is 6.72. The lowest BCUT2D eigenvalue weighted by molar-refractivity contribution is -0.118. The van der Waals surface area contributed by atoms with Crippen LogP contribution >= 0.6 is 0 Å². The van der Waals surface area contributed by atoms with Gasteiger partial charge in [-0.25, -0.2) is 0 Å². The standard InChI is InChI=1S/C19H24N2O2/c1-13-8-9-17(15(11-13)19(3,4)5)23-12-18(22)21-16-7-6-10-20-14(16)2/h6-11H,12H2,1-5H3,(H,21,22). The molecular formula is C19H24N2O2. The molecule has 0 bridgehead atoms. The summed E-state index contributed by atoms with van der Waals surface area (Å²) >= 11 is 0. The number of rotatable bonds is 4. The van der Waals surface area contributed by atoms with Crippen molar-refractivity contribution in [3.8, 4) is 5.75 Å². The van der Waals surface area contributed by atoms with Crippen molar-refractivity contribution in [2.45, 2.75) is 40.0 Å². The van der Waals surface area contributed by atoms with E-state index in [9.17, 15) is 4.79 Å². The van der Waals surface area contributed by atoms with E-state index in [2.05, 4.69) is 44.1 Å². The van der Waals surface area contributed by atoms with E-state index in [1.165, 1.54) is 5.56 Å². The van der Waals surface area contributed by atoms with Crippen LogP contribution in [-0.2, 0) is 10.2 Å². The minimum atomic E-state index is -0.193. The molecule has 23 heavy (non-hydrogen) atoms. The zero-order valence-electron chi connectivity index (χ0n) is 14.4. The Balaban J connectivity index is 2.06. The maximum Gasteiger partial charge on any atom is 0.262 e. The summed E-state index contributed by atoms with van der Waals surface area (Å²) in [5.74, 6) is 0.558. The van der Waals surface area contributed by atoms with Crippen molar-refractivity contribution in [1.82, 2.24) is 4.98 Å². The predicted molar refractivity (Wildman–Crippen MR) is 93.0 cm³/mol. The first-order valence-corrected chi connectivity index (χ1v) is 7.73. The molecule has 1 amide bonds. The number of carbonyl (C=O) groups excluding carboxylic acids is 1. The highest BCUT2D eigenvalue weighted by molar-refractivity contribution is 5.92. The van der Waals surface area contributed by atoms with Crippen LogP contribution in [0.2, 0.25) is 0 Å². The second-order valence-corrected chi connectivity index (χ2v) is 6.72. The molecule has 0 spiro atoms. The smallest absolute Gasteiger partial charge is 0.262 e. The molecule has 2 rings (SSSR count). The van der Waals surface area contributed by atoms with Crippen molar-refractivity contribution < 1.29 is 9.53 Å². The van der Waals surface area contributed by atoms with Crippen molar-refractivity contribution in [2.75, 3.05) is 11.9 Å². The van der Waals surface area contributed by atoms with Crippen LogP contribution in [0.3, 0.4) is 0 Å². The Labute approximate surface area is 137 Å². The Morgan fingerprint density at radius 3 is 2.61 bits per heavy atom. The van der Waals surface area contributed by atoms with E-state index in [0.717, 1.165) is 17.0 Å². The fourth-order valence-electron chi connectivity index (χ4n) is 2.30. The lowest BCUT2D eigenvalue weighted by Gasteiger charge is -2.23. The number of nitrogens with zero attached hydrogens (tertiary/aromatic N) is 1. The van der Waals surface area contributed by atoms with Gasteiger partial charge in [-0.1, -0.05) is 38.5 Å². The van der Waals surface area contributed by atoms with Crippen LogP contribution in [0, 0.1) is 13.8 Å². The summed E-state index contributed by atoms with van der Waals surface area (Å²) in [4.78, 5) is 16.3. The molecule has 1 aromatic heterocycles. The van der Waals surface area contributed by atoms with E-state index in [4.69, 9.17) is 4.74 Å². The number of ether oxygens (including phenoxy) is 1. The zero-order chi connectivity index (χ0) is 17.0. The van der Waals surface area contributed by atoms with E-state index in [-0.39, 0.29) is 17.9 Å². The molecule has 0 radical (unpaired) electrons. The van der Waals surface area contributed by atoms with E-state index < -0.39 is 0 Å². The Kier molecular flexibility index (Phi) is 5.04. The number of nitrogens with one attached hydrogen (secondary N) is 1. The average Bonchev–Trinajstić information content (AvgIpc) is 2.47. The molecule has 0 unspecified atom stereocenters. The predicted octanol–water partition coefficient (Wildman–Crippen LogP) is 4.01. The number of amides is 1. The highest BCUT2D eigenvalue weighted by Gasteiger charge is 2.19. The van der Waals surface area contributed by atoms with E-state index in [0.29, 0.717) is 5.69 Å². The van der Waals surface area contributed by atoms with Gasteiger partial charge in [-0.3, -0.25) is 9.78 Å². The topological polar surface area (TPSA) is 51.2 Å². The summed E-state index contributed by atoms with van der Waals surface area (Å²) in [6, 6.07) is 9.65. The molecule has 0 atom stereocenters. The number of hydrogen-bond acceptors (Lipinski definition) is 3. The Morgan fingerprint density at radius 2 is 1.96 bits per heavy atom. The van der Waals surface area contributed by atoms with Crippen molar-refractivity contribution in [3.63, 3.8) is 0 Å². The third kappa shape index (κ3) is 4.55. The molecule has 1 aromatic carbocycles. The SMILES string of the molecule is Cc1ccc(OCC(=O)Nc2cccnc2C)c(C(C)(C)C)c1. The van der Waals surface area contributed by atoms with Gasteiger partial charge in [0.25, 0.3) is 5.91 Å². The van der Waals surface area contributed by atoms with Crippen LogP contribution in [-0.4, -0.2) is 17.5 Å². The molecule has 122 valence electrons. The molecule has 4 heteroatoms. The van der Waals surface area contributed by atoms with Crippen LogP contribution in [0.25, 0.3) is 0 Å². The Bertz CT molecular complexity index is 703. The van der Waals surface area contributed by atoms with E-state index in [1.54, 1.807) is 12.3 Å². The highest BCUT2D eigenvalue weighted by Crippen LogP contribution is 2.32. The molecule has 0 aliphatic rings. The molecule has 0 aliphatic heterocycles. The maximum absolute atomic E-state index is 12.1. The highest BCUT2D eigenvalue weighted by atomic mass is 16.5. The van der Waals surface area contributed by atoms with Crippen molar-refractivity contribution >= 4 is 11.6 Å². The average molecular weight is 312 g/mol. The van der Waals surface area contributed by atoms with Gasteiger partial charge in [-0.15, -0.1) is 0 Å². The molecule has 0 saturated heterocycles. The number of pyridine rings is 1. The first-order chi connectivity index (χ1) is 10.8. The third-order valence-electron chi connectivity index (χ3n) is 3.58. The van der Waals surface area contributed by atoms with Crippen molar-refractivity contribution in [3.05, 3.63) is 53.3 Å². The largest absolute Gasteiger partial charge is 0.483 e. The summed E-state index contributed by atoms with van der Waals surface area (Å²) in [6.07, 6.45) is 1.70. The van der Waals surface area contributed by atoms with Crippen molar-refractivity contribution in [2.24, 2.45) is 0 Å². The lowest BCUT2D eigenvalue weighted by atomic mass is 9.85. The van der Waals surface area contributed by atoms with Crippen molar-refractivity contribution in [1.29, 1.82) is 0 Å². The number of aryl methyl sites for hydroxylation is 2. The fourth-order valence-corrected chi connectivity index (χ4v) is 2.30. The van der Waals surface area contributed by atoms with E-state index in [1.807, 2.05) is 25.1 Å². The molecule has 1 heterocycles. The van der Waals surface area contributed by atoms with Gasteiger partial charge in [0.15, 0.2) is 6.61 Å². The van der Waals surface area contributed by atoms with Gasteiger partial charge in [-0.2, -0.15) is 0 Å². The van der Waals surface area contributed by atoms with Crippen LogP contribution in [0.15, 0.2) is 36.5 Å². The summed E-state index contributed by atoms with van der Waals surface area (Å²) in [7, 11) is 0.